The summed E-state index contributed by atoms with van der Waals surface area (Å²) in [5.74, 6) is 0.307. The van der Waals surface area contributed by atoms with Gasteiger partial charge in [-0.3, -0.25) is 9.59 Å². The molecule has 0 bridgehead atoms. The number of benzene rings is 2. The zero-order chi connectivity index (χ0) is 28.9. The van der Waals surface area contributed by atoms with Gasteiger partial charge in [-0.1, -0.05) is 0 Å². The number of hydrogen-bond donors (Lipinski definition) is 3. The number of ether oxygens (including phenoxy) is 3. The molecule has 0 atom stereocenters. The average Bonchev–Trinajstić information content (AvgIpc) is 3.36. The van der Waals surface area contributed by atoms with E-state index in [0.717, 1.165) is 5.56 Å². The van der Waals surface area contributed by atoms with Gasteiger partial charge >= 0.3 is 6.09 Å². The predicted molar refractivity (Wildman–Crippen MR) is 149 cm³/mol. The van der Waals surface area contributed by atoms with Gasteiger partial charge in [0.1, 0.15) is 12.1 Å². The van der Waals surface area contributed by atoms with Crippen LogP contribution in [0.4, 0.5) is 16.2 Å². The van der Waals surface area contributed by atoms with Crippen LogP contribution in [0.15, 0.2) is 60.8 Å². The van der Waals surface area contributed by atoms with Crippen LogP contribution in [0.1, 0.15) is 31.3 Å². The topological polar surface area (TPSA) is 145 Å². The lowest BCUT2D eigenvalue weighted by Gasteiger charge is -2.19. The molecular formula is C28H30N6O6. The number of hydrogen-bond acceptors (Lipinski definition) is 8. The molecule has 0 fully saturated rings. The van der Waals surface area contributed by atoms with Gasteiger partial charge in [0.2, 0.25) is 5.91 Å². The zero-order valence-corrected chi connectivity index (χ0v) is 22.8. The summed E-state index contributed by atoms with van der Waals surface area (Å²) in [6.45, 7) is 4.95. The summed E-state index contributed by atoms with van der Waals surface area (Å²) < 4.78 is 17.4. The Kier molecular flexibility index (Phi) is 8.18. The van der Waals surface area contributed by atoms with Crippen LogP contribution in [-0.4, -0.2) is 58.9 Å². The van der Waals surface area contributed by atoms with Crippen LogP contribution in [0.3, 0.4) is 0 Å². The Morgan fingerprint density at radius 2 is 1.55 bits per heavy atom. The van der Waals surface area contributed by atoms with Gasteiger partial charge in [0, 0.05) is 29.2 Å². The Hall–Kier alpha value is -5.13. The number of carbonyl (C=O) groups is 3. The van der Waals surface area contributed by atoms with Crippen LogP contribution in [0.5, 0.6) is 11.5 Å². The third-order valence-electron chi connectivity index (χ3n) is 5.49. The number of amides is 3. The van der Waals surface area contributed by atoms with Crippen molar-refractivity contribution < 1.29 is 28.6 Å². The van der Waals surface area contributed by atoms with Gasteiger partial charge in [-0.05, 0) is 69.3 Å². The highest BCUT2D eigenvalue weighted by Gasteiger charge is 2.18. The molecule has 3 amide bonds. The molecule has 3 N–H and O–H groups in total. The van der Waals surface area contributed by atoms with Crippen molar-refractivity contribution in [1.82, 2.24) is 19.9 Å². The second-order valence-corrected chi connectivity index (χ2v) is 9.63. The van der Waals surface area contributed by atoms with Crippen molar-refractivity contribution in [2.75, 3.05) is 31.4 Å². The molecule has 12 nitrogen and oxygen atoms in total. The molecule has 0 aliphatic heterocycles. The highest BCUT2D eigenvalue weighted by molar-refractivity contribution is 6.03. The van der Waals surface area contributed by atoms with Crippen molar-refractivity contribution in [3.05, 3.63) is 66.5 Å². The molecule has 2 heterocycles. The van der Waals surface area contributed by atoms with Crippen molar-refractivity contribution >= 4 is 34.9 Å². The summed E-state index contributed by atoms with van der Waals surface area (Å²) in [7, 11) is 3.13. The molecule has 2 aromatic heterocycles. The van der Waals surface area contributed by atoms with Crippen LogP contribution in [0.2, 0.25) is 0 Å². The van der Waals surface area contributed by atoms with Crippen molar-refractivity contribution in [2.45, 2.75) is 26.4 Å². The van der Waals surface area contributed by atoms with Crippen LogP contribution < -0.4 is 25.4 Å². The average molecular weight is 547 g/mol. The maximum absolute atomic E-state index is 13.0. The van der Waals surface area contributed by atoms with Gasteiger partial charge in [-0.15, -0.1) is 0 Å². The molecular weight excluding hydrogens is 516 g/mol. The highest BCUT2D eigenvalue weighted by Crippen LogP contribution is 2.32. The quantitative estimate of drug-likeness (QED) is 0.299. The second-order valence-electron chi connectivity index (χ2n) is 9.63. The molecule has 4 rings (SSSR count). The molecule has 0 aliphatic rings. The number of alkyl carbamates (subject to hydrolysis) is 1. The summed E-state index contributed by atoms with van der Waals surface area (Å²) in [5, 5.41) is 12.3. The number of aromatic nitrogens is 3. The Morgan fingerprint density at radius 3 is 2.20 bits per heavy atom. The van der Waals surface area contributed by atoms with Crippen LogP contribution in [0.25, 0.3) is 16.9 Å². The van der Waals surface area contributed by atoms with Crippen LogP contribution >= 0.6 is 0 Å². The van der Waals surface area contributed by atoms with E-state index >= 15 is 0 Å². The number of anilines is 2. The molecule has 40 heavy (non-hydrogen) atoms. The molecule has 0 radical (unpaired) electrons. The van der Waals surface area contributed by atoms with Gasteiger partial charge < -0.3 is 30.2 Å². The lowest BCUT2D eigenvalue weighted by Crippen LogP contribution is -2.37. The lowest BCUT2D eigenvalue weighted by atomic mass is 10.1. The summed E-state index contributed by atoms with van der Waals surface area (Å²) in [5.41, 5.74) is 2.52. The number of rotatable bonds is 8. The van der Waals surface area contributed by atoms with E-state index in [-0.39, 0.29) is 12.2 Å². The number of nitrogens with one attached hydrogen (secondary N) is 3. The third kappa shape index (κ3) is 6.84. The fraction of sp³-hybridized carbons (Fsp3) is 0.250. The number of nitrogens with zero attached hydrogens (tertiary/aromatic N) is 3. The van der Waals surface area contributed by atoms with E-state index in [1.54, 1.807) is 88.2 Å². The summed E-state index contributed by atoms with van der Waals surface area (Å²) in [4.78, 5) is 41.1. The van der Waals surface area contributed by atoms with E-state index in [4.69, 9.17) is 14.2 Å². The van der Waals surface area contributed by atoms with Crippen molar-refractivity contribution in [3.63, 3.8) is 0 Å². The minimum atomic E-state index is -0.682. The molecule has 0 unspecified atom stereocenters. The second kappa shape index (κ2) is 11.7. The van der Waals surface area contributed by atoms with Crippen molar-refractivity contribution in [2.24, 2.45) is 0 Å². The fourth-order valence-corrected chi connectivity index (χ4v) is 3.72. The van der Waals surface area contributed by atoms with E-state index in [9.17, 15) is 14.4 Å². The van der Waals surface area contributed by atoms with E-state index in [0.29, 0.717) is 34.2 Å². The Balaban J connectivity index is 1.41. The standard InChI is InChI=1S/C28H30N6O6/c1-28(2,3)40-27(37)30-16-25(35)31-18-7-9-19(10-8-18)32-26(36)20-15-24-29-13-12-21(34(24)33-20)17-6-11-22(38-4)23(14-17)39-5/h6-15H,16H2,1-5H3,(H,30,37)(H,31,35)(H,32,36). The first-order valence-corrected chi connectivity index (χ1v) is 12.3. The molecule has 0 saturated carbocycles. The maximum atomic E-state index is 13.0. The van der Waals surface area contributed by atoms with Crippen LogP contribution in [-0.2, 0) is 9.53 Å². The fourth-order valence-electron chi connectivity index (χ4n) is 3.72. The van der Waals surface area contributed by atoms with Gasteiger partial charge in [0.15, 0.2) is 22.8 Å². The number of methoxy groups -OCH3 is 2. The highest BCUT2D eigenvalue weighted by atomic mass is 16.6. The van der Waals surface area contributed by atoms with E-state index in [2.05, 4.69) is 26.0 Å². The van der Waals surface area contributed by atoms with E-state index in [1.165, 1.54) is 0 Å². The zero-order valence-electron chi connectivity index (χ0n) is 22.8. The van der Waals surface area contributed by atoms with Crippen LogP contribution in [0, 0.1) is 0 Å². The normalized spacial score (nSPS) is 11.0. The largest absolute Gasteiger partial charge is 0.493 e. The molecule has 208 valence electrons. The third-order valence-corrected chi connectivity index (χ3v) is 5.49. The summed E-state index contributed by atoms with van der Waals surface area (Å²) >= 11 is 0. The molecule has 4 aromatic rings. The first-order chi connectivity index (χ1) is 19.1. The number of fused-ring (bicyclic) bond motifs is 1. The lowest BCUT2D eigenvalue weighted by molar-refractivity contribution is -0.115. The molecule has 0 aliphatic carbocycles. The summed E-state index contributed by atoms with van der Waals surface area (Å²) in [6.07, 6.45) is 0.958. The Bertz CT molecular complexity index is 1540. The number of carbonyl (C=O) groups excluding carboxylic acids is 3. The first-order valence-electron chi connectivity index (χ1n) is 12.3. The van der Waals surface area contributed by atoms with Gasteiger partial charge in [-0.25, -0.2) is 14.3 Å². The smallest absolute Gasteiger partial charge is 0.408 e. The van der Waals surface area contributed by atoms with Gasteiger partial charge in [-0.2, -0.15) is 5.10 Å². The maximum Gasteiger partial charge on any atom is 0.408 e. The van der Waals surface area contributed by atoms with E-state index in [1.807, 2.05) is 12.1 Å². The molecule has 2 aromatic carbocycles. The van der Waals surface area contributed by atoms with Gasteiger partial charge in [0.25, 0.3) is 5.91 Å². The molecule has 0 saturated heterocycles. The molecule has 0 spiro atoms. The summed E-state index contributed by atoms with van der Waals surface area (Å²) in [6, 6.07) is 15.4. The van der Waals surface area contributed by atoms with Gasteiger partial charge in [0.05, 0.1) is 19.9 Å². The first kappa shape index (κ1) is 27.9. The SMILES string of the molecule is COc1ccc(-c2ccnc3cc(C(=O)Nc4ccc(NC(=O)CNC(=O)OC(C)(C)C)cc4)nn23)cc1OC. The minimum Gasteiger partial charge on any atom is -0.493 e. The van der Waals surface area contributed by atoms with Crippen molar-refractivity contribution in [1.29, 1.82) is 0 Å². The predicted octanol–water partition coefficient (Wildman–Crippen LogP) is 4.13. The van der Waals surface area contributed by atoms with E-state index < -0.39 is 23.5 Å². The Labute approximate surface area is 230 Å². The molecule has 12 heteroatoms. The Morgan fingerprint density at radius 1 is 0.875 bits per heavy atom. The monoisotopic (exact) mass is 546 g/mol. The minimum absolute atomic E-state index is 0.172. The van der Waals surface area contributed by atoms with Crippen molar-refractivity contribution in [3.8, 4) is 22.8 Å².